The van der Waals surface area contributed by atoms with Gasteiger partial charge in [-0.3, -0.25) is 9.59 Å². The summed E-state index contributed by atoms with van der Waals surface area (Å²) in [5, 5.41) is 3.54. The van der Waals surface area contributed by atoms with Crippen molar-refractivity contribution in [3.05, 3.63) is 82.3 Å². The van der Waals surface area contributed by atoms with Gasteiger partial charge in [0.25, 0.3) is 0 Å². The Balaban J connectivity index is 1.38. The summed E-state index contributed by atoms with van der Waals surface area (Å²) in [6.07, 6.45) is 4.35. The zero-order valence-electron chi connectivity index (χ0n) is 23.6. The van der Waals surface area contributed by atoms with Crippen LogP contribution in [0, 0.1) is 11.3 Å². The van der Waals surface area contributed by atoms with Gasteiger partial charge in [0.1, 0.15) is 5.92 Å². The number of likely N-dealkylation sites (tertiary alicyclic amines) is 1. The molecule has 0 bridgehead atoms. The molecule has 2 heterocycles. The number of ether oxygens (including phenoxy) is 1. The van der Waals surface area contributed by atoms with Crippen LogP contribution in [-0.4, -0.2) is 48.4 Å². The Morgan fingerprint density at radius 1 is 1.10 bits per heavy atom. The summed E-state index contributed by atoms with van der Waals surface area (Å²) in [6, 6.07) is 13.3. The molecule has 1 saturated heterocycles. The molecule has 2 aromatic carbocycles. The maximum Gasteiger partial charge on any atom is 0.246 e. The number of hydrogen-bond donors (Lipinski definition) is 2. The Morgan fingerprint density at radius 2 is 1.87 bits per heavy atom. The molecule has 1 fully saturated rings. The van der Waals surface area contributed by atoms with E-state index < -0.39 is 5.92 Å². The number of benzene rings is 2. The number of Topliss-reactive ketones (excluding diaryl/α,β-unsaturated/α-hetero) is 2. The topological polar surface area (TPSA) is 72.6 Å². The van der Waals surface area contributed by atoms with Gasteiger partial charge in [0.2, 0.25) is 11.4 Å². The first-order valence-corrected chi connectivity index (χ1v) is 14.1. The number of piperidine rings is 1. The van der Waals surface area contributed by atoms with E-state index in [1.54, 1.807) is 12.1 Å². The number of allylic oxidation sites excluding steroid dienone is 3. The molecule has 6 heteroatoms. The lowest BCUT2D eigenvalue weighted by molar-refractivity contribution is -0.361. The first kappa shape index (κ1) is 25.8. The molecule has 2 aromatic rings. The van der Waals surface area contributed by atoms with Crippen molar-refractivity contribution in [2.75, 3.05) is 26.2 Å². The Kier molecular flexibility index (Phi) is 6.14. The highest BCUT2D eigenvalue weighted by Crippen LogP contribution is 2.39. The van der Waals surface area contributed by atoms with Crippen LogP contribution >= 0.6 is 0 Å². The Labute approximate surface area is 230 Å². The Morgan fingerprint density at radius 3 is 2.62 bits per heavy atom. The highest BCUT2D eigenvalue weighted by atomic mass is 16.5. The van der Waals surface area contributed by atoms with Crippen LogP contribution in [0.2, 0.25) is 0 Å². The summed E-state index contributed by atoms with van der Waals surface area (Å²) in [5.74, 6) is 0.397. The minimum Gasteiger partial charge on any atom is -0.444 e. The normalized spacial score (nSPS) is 22.1. The largest absolute Gasteiger partial charge is 0.444 e. The van der Waals surface area contributed by atoms with Gasteiger partial charge in [-0.1, -0.05) is 65.0 Å². The van der Waals surface area contributed by atoms with E-state index >= 15 is 0 Å². The average molecular weight is 525 g/mol. The summed E-state index contributed by atoms with van der Waals surface area (Å²) in [7, 11) is 0. The first-order chi connectivity index (χ1) is 18.5. The van der Waals surface area contributed by atoms with Crippen LogP contribution in [0.25, 0.3) is 0 Å². The highest BCUT2D eigenvalue weighted by molar-refractivity contribution is 6.32. The molecule has 4 aliphatic rings. The third-order valence-electron chi connectivity index (χ3n) is 8.41. The molecule has 202 valence electrons. The summed E-state index contributed by atoms with van der Waals surface area (Å²) in [4.78, 5) is 33.7. The van der Waals surface area contributed by atoms with Crippen molar-refractivity contribution in [2.45, 2.75) is 52.9 Å². The van der Waals surface area contributed by atoms with Gasteiger partial charge in [0.05, 0.1) is 0 Å². The van der Waals surface area contributed by atoms with E-state index in [9.17, 15) is 9.59 Å². The van der Waals surface area contributed by atoms with E-state index in [2.05, 4.69) is 62.0 Å². The van der Waals surface area contributed by atoms with Crippen LogP contribution in [0.15, 0.2) is 65.6 Å². The smallest absolute Gasteiger partial charge is 0.246 e. The summed E-state index contributed by atoms with van der Waals surface area (Å²) in [5.41, 5.74) is 5.02. The highest BCUT2D eigenvalue weighted by Gasteiger charge is 2.49. The average Bonchev–Trinajstić information content (AvgIpc) is 2.88. The second-order valence-corrected chi connectivity index (χ2v) is 13.1. The molecule has 2 N–H and O–H groups in total. The third kappa shape index (κ3) is 4.65. The first-order valence-electron chi connectivity index (χ1n) is 14.1. The fourth-order valence-corrected chi connectivity index (χ4v) is 6.33. The number of nitrogens with zero attached hydrogens (tertiary/aromatic N) is 1. The number of hydrogen-bond acceptors (Lipinski definition) is 5. The zero-order valence-corrected chi connectivity index (χ0v) is 23.6. The lowest BCUT2D eigenvalue weighted by Crippen LogP contribution is -2.72. The van der Waals surface area contributed by atoms with Crippen molar-refractivity contribution in [1.29, 1.82) is 0 Å². The molecule has 1 unspecified atom stereocenters. The van der Waals surface area contributed by atoms with Gasteiger partial charge in [-0.2, -0.15) is 0 Å². The molecule has 2 aliphatic heterocycles. The maximum atomic E-state index is 13.9. The van der Waals surface area contributed by atoms with Gasteiger partial charge in [-0.15, -0.1) is 0 Å². The lowest BCUT2D eigenvalue weighted by atomic mass is 9.72. The predicted octanol–water partition coefficient (Wildman–Crippen LogP) is 4.09. The fraction of sp³-hybridized carbons (Fsp3) is 0.424. The van der Waals surface area contributed by atoms with Gasteiger partial charge < -0.3 is 15.0 Å². The molecule has 0 radical (unpaired) electrons. The number of fused-ring (bicyclic) bond motifs is 5. The van der Waals surface area contributed by atoms with Crippen molar-refractivity contribution in [1.82, 2.24) is 10.2 Å². The number of carbonyl (C=O) groups excluding carboxylic acids is 2. The van der Waals surface area contributed by atoms with Crippen molar-refractivity contribution < 1.29 is 19.3 Å². The standard InChI is InChI=1S/C33H37N3O3/c1-32(2,3)20-11-12-23-25(17-20)39-26-18-24(34-14-16-36-15-8-13-33(4,5)19-36)27-28(29(26)35-23)31(38)22-10-7-6-9-21(22)30(27)37/h6-7,9-12,17-18,28,34H,8,13-16,19H2,1-5H3/p+1. The van der Waals surface area contributed by atoms with Crippen LogP contribution < -0.4 is 15.0 Å². The van der Waals surface area contributed by atoms with Gasteiger partial charge >= 0.3 is 0 Å². The van der Waals surface area contributed by atoms with Gasteiger partial charge in [-0.05, 0) is 41.8 Å². The van der Waals surface area contributed by atoms with Crippen LogP contribution in [0.1, 0.15) is 73.7 Å². The van der Waals surface area contributed by atoms with Crippen molar-refractivity contribution in [3.8, 4) is 5.75 Å². The fourth-order valence-electron chi connectivity index (χ4n) is 6.33. The van der Waals surface area contributed by atoms with Crippen molar-refractivity contribution >= 4 is 23.0 Å². The molecule has 6 nitrogen and oxygen atoms in total. The number of nitrogens with one attached hydrogen (secondary N) is 2. The van der Waals surface area contributed by atoms with Crippen LogP contribution in [0.3, 0.4) is 0 Å². The minimum atomic E-state index is -0.737. The van der Waals surface area contributed by atoms with E-state index in [0.717, 1.165) is 31.1 Å². The van der Waals surface area contributed by atoms with Crippen LogP contribution in [0.4, 0.5) is 5.69 Å². The monoisotopic (exact) mass is 524 g/mol. The second kappa shape index (κ2) is 9.30. The van der Waals surface area contributed by atoms with E-state index in [4.69, 9.17) is 4.74 Å². The zero-order chi connectivity index (χ0) is 27.5. The third-order valence-corrected chi connectivity index (χ3v) is 8.41. The quantitative estimate of drug-likeness (QED) is 0.631. The predicted molar refractivity (Wildman–Crippen MR) is 153 cm³/mol. The van der Waals surface area contributed by atoms with E-state index in [0.29, 0.717) is 45.8 Å². The lowest BCUT2D eigenvalue weighted by Gasteiger charge is -2.38. The SMILES string of the molecule is CC1(C)CCCN(CCNC2=C3C(=O)c4ccccc4C(=O)C3C3=[NH+]c4ccc(C(C)(C)C)cc4OC3=C2)C1. The van der Waals surface area contributed by atoms with Gasteiger partial charge in [0, 0.05) is 54.2 Å². The molecular formula is C33H38N3O3+. The molecule has 6 rings (SSSR count). The van der Waals surface area contributed by atoms with E-state index in [1.807, 2.05) is 24.3 Å². The molecule has 0 amide bonds. The minimum absolute atomic E-state index is 0.0262. The maximum absolute atomic E-state index is 13.9. The molecule has 2 aliphatic carbocycles. The van der Waals surface area contributed by atoms with Crippen LogP contribution in [0.5, 0.6) is 5.75 Å². The molecule has 39 heavy (non-hydrogen) atoms. The molecule has 0 aromatic heterocycles. The Hall–Kier alpha value is -3.51. The van der Waals surface area contributed by atoms with E-state index in [-0.39, 0.29) is 17.0 Å². The van der Waals surface area contributed by atoms with E-state index in [1.165, 1.54) is 18.4 Å². The van der Waals surface area contributed by atoms with Crippen molar-refractivity contribution in [3.63, 3.8) is 0 Å². The number of carbonyl (C=O) groups is 2. The second-order valence-electron chi connectivity index (χ2n) is 13.1. The van der Waals surface area contributed by atoms with Crippen molar-refractivity contribution in [2.24, 2.45) is 11.3 Å². The van der Waals surface area contributed by atoms with Gasteiger partial charge in [0.15, 0.2) is 23.1 Å². The molecule has 0 saturated carbocycles. The molecule has 1 atom stereocenters. The molecular weight excluding hydrogens is 486 g/mol. The Bertz CT molecular complexity index is 1470. The molecule has 0 spiro atoms. The summed E-state index contributed by atoms with van der Waals surface area (Å²) in [6.45, 7) is 14.9. The van der Waals surface area contributed by atoms with Gasteiger partial charge in [-0.25, -0.2) is 4.99 Å². The summed E-state index contributed by atoms with van der Waals surface area (Å²) < 4.78 is 6.46. The summed E-state index contributed by atoms with van der Waals surface area (Å²) >= 11 is 0. The number of ketones is 2. The number of rotatable bonds is 4. The van der Waals surface area contributed by atoms with Crippen LogP contribution in [-0.2, 0) is 5.41 Å².